The third-order valence-electron chi connectivity index (χ3n) is 12.0. The van der Waals surface area contributed by atoms with Crippen molar-refractivity contribution < 1.29 is 28.7 Å². The maximum Gasteiger partial charge on any atom is 0.410 e. The van der Waals surface area contributed by atoms with E-state index in [0.717, 1.165) is 74.5 Å². The summed E-state index contributed by atoms with van der Waals surface area (Å²) in [5.74, 6) is 0.914. The molecule has 6 aromatic rings. The minimum absolute atomic E-state index is 0.121. The third-order valence-corrected chi connectivity index (χ3v) is 12.0. The maximum absolute atomic E-state index is 14.0. The van der Waals surface area contributed by atoms with Crippen molar-refractivity contribution in [2.45, 2.75) is 64.1 Å². The highest BCUT2D eigenvalue weighted by atomic mass is 16.5. The van der Waals surface area contributed by atoms with Crippen LogP contribution in [0.2, 0.25) is 0 Å². The van der Waals surface area contributed by atoms with Gasteiger partial charge in [-0.1, -0.05) is 62.4 Å². The molecule has 0 saturated carbocycles. The molecule has 0 radical (unpaired) electrons. The summed E-state index contributed by atoms with van der Waals surface area (Å²) in [7, 11) is 2.57. The molecule has 62 heavy (non-hydrogen) atoms. The smallest absolute Gasteiger partial charge is 0.410 e. The Labute approximate surface area is 357 Å². The molecule has 316 valence electrons. The molecule has 16 nitrogen and oxygen atoms in total. The number of anilines is 1. The number of ether oxygens (including phenoxy) is 2. The predicted molar refractivity (Wildman–Crippen MR) is 230 cm³/mol. The second kappa shape index (κ2) is 16.6. The van der Waals surface area contributed by atoms with Crippen molar-refractivity contribution in [1.29, 1.82) is 0 Å². The van der Waals surface area contributed by atoms with E-state index in [-0.39, 0.29) is 29.8 Å². The Morgan fingerprint density at radius 3 is 2.24 bits per heavy atom. The largest absolute Gasteiger partial charge is 0.453 e. The molecule has 0 aliphatic carbocycles. The quantitative estimate of drug-likeness (QED) is 0.111. The lowest BCUT2D eigenvalue weighted by Crippen LogP contribution is -2.51. The fraction of sp³-hybridized carbons (Fsp3) is 0.304. The number of amides is 4. The molecule has 0 spiro atoms. The van der Waals surface area contributed by atoms with Crippen LogP contribution in [-0.4, -0.2) is 85.6 Å². The number of aromatic nitrogens is 6. The average molecular weight is 835 g/mol. The molecule has 4 amide bonds. The zero-order valence-electron chi connectivity index (χ0n) is 34.8. The molecule has 3 aliphatic rings. The number of aryl methyl sites for hydroxylation is 1. The van der Waals surface area contributed by atoms with Crippen LogP contribution in [-0.2, 0) is 31.9 Å². The van der Waals surface area contributed by atoms with Crippen molar-refractivity contribution in [1.82, 2.24) is 45.4 Å². The summed E-state index contributed by atoms with van der Waals surface area (Å²) in [6.07, 6.45) is 8.86. The lowest BCUT2D eigenvalue weighted by Gasteiger charge is -2.30. The van der Waals surface area contributed by atoms with Crippen LogP contribution in [0, 0.1) is 5.92 Å². The number of nitrogens with one attached hydrogen (secondary N) is 4. The Morgan fingerprint density at radius 1 is 0.806 bits per heavy atom. The number of hydrogen-bond donors (Lipinski definition) is 4. The van der Waals surface area contributed by atoms with Gasteiger partial charge in [0.05, 0.1) is 78.7 Å². The molecule has 3 aromatic carbocycles. The molecule has 0 bridgehead atoms. The van der Waals surface area contributed by atoms with Crippen molar-refractivity contribution >= 4 is 40.7 Å². The Hall–Kier alpha value is -7.36. The van der Waals surface area contributed by atoms with Crippen LogP contribution >= 0.6 is 0 Å². The number of imidazole rings is 2. The zero-order chi connectivity index (χ0) is 43.1. The minimum Gasteiger partial charge on any atom is -0.453 e. The normalized spacial score (nSPS) is 18.2. The molecule has 1 fully saturated rings. The predicted octanol–water partition coefficient (Wildman–Crippen LogP) is 6.94. The number of nitrogens with zero attached hydrogens (tertiary/aromatic N) is 6. The molecule has 1 saturated heterocycles. The number of methoxy groups -OCH3 is 2. The fourth-order valence-electron chi connectivity index (χ4n) is 8.74. The number of carbonyl (C=O) groups excluding carboxylic acids is 4. The molecular weight excluding hydrogens is 789 g/mol. The number of fused-ring (bicyclic) bond motifs is 1. The van der Waals surface area contributed by atoms with Gasteiger partial charge in [-0.05, 0) is 60.4 Å². The third kappa shape index (κ3) is 7.52. The van der Waals surface area contributed by atoms with Gasteiger partial charge in [-0.25, -0.2) is 24.5 Å². The van der Waals surface area contributed by atoms with Gasteiger partial charge < -0.3 is 29.7 Å². The van der Waals surface area contributed by atoms with Crippen molar-refractivity contribution in [2.75, 3.05) is 25.7 Å². The van der Waals surface area contributed by atoms with Gasteiger partial charge in [0.2, 0.25) is 5.91 Å². The monoisotopic (exact) mass is 834 g/mol. The second-order valence-electron chi connectivity index (χ2n) is 16.1. The molecule has 6 heterocycles. The van der Waals surface area contributed by atoms with Gasteiger partial charge in [-0.2, -0.15) is 0 Å². The summed E-state index contributed by atoms with van der Waals surface area (Å²) in [6, 6.07) is 18.7. The minimum atomic E-state index is -0.707. The van der Waals surface area contributed by atoms with Crippen LogP contribution in [0.4, 0.5) is 15.3 Å². The first-order valence-electron chi connectivity index (χ1n) is 20.7. The Bertz CT molecular complexity index is 2740. The molecule has 3 aromatic heterocycles. The summed E-state index contributed by atoms with van der Waals surface area (Å²) >= 11 is 0. The lowest BCUT2D eigenvalue weighted by atomic mass is 10.0. The van der Waals surface area contributed by atoms with Crippen molar-refractivity contribution in [3.63, 3.8) is 0 Å². The molecule has 3 aliphatic heterocycles. The standard InChI is InChI=1S/C46H46N10O6/c1-25(2)39(54-46(60)62-4)44(58)55-18-6-9-37(55)41-48-24-36(53-41)29-16-17-32-33(19-29)47-22-34(51-32)26-10-12-27(13-11-26)35-23-49-42(52-35)38-20-30-8-5-7-28-14-15-31(21-50-45(59)61-3)43(57)56(38)40(28)30/h5,7-8,10-13,16-17,19,21-25,37-39H,6,9,14-15,18,20H2,1-4H3,(H,48,53)(H,49,52)(H,50,59)(H,54,60)/b31-21+. The number of carbonyl (C=O) groups is 4. The van der Waals surface area contributed by atoms with E-state index in [1.54, 1.807) is 23.5 Å². The van der Waals surface area contributed by atoms with E-state index in [2.05, 4.69) is 37.7 Å². The van der Waals surface area contributed by atoms with E-state index < -0.39 is 18.2 Å². The first-order valence-corrected chi connectivity index (χ1v) is 20.7. The fourth-order valence-corrected chi connectivity index (χ4v) is 8.74. The molecule has 16 heteroatoms. The SMILES string of the molecule is COC(=O)N/C=C1\CCc2cccc3c2N(C1=O)C(c1ncc(-c2ccc(-c4cnc5cc(-c6cnc(C7CCCN7C(=O)C(NC(=O)OC)C(C)C)[nH]6)ccc5n4)cc2)[nH]1)C3. The van der Waals surface area contributed by atoms with E-state index in [1.807, 2.05) is 67.3 Å². The Morgan fingerprint density at radius 2 is 1.50 bits per heavy atom. The molecular formula is C46H46N10O6. The summed E-state index contributed by atoms with van der Waals surface area (Å²) in [5, 5.41) is 5.25. The van der Waals surface area contributed by atoms with Gasteiger partial charge in [-0.3, -0.25) is 24.8 Å². The van der Waals surface area contributed by atoms with E-state index in [9.17, 15) is 19.2 Å². The topological polar surface area (TPSA) is 200 Å². The van der Waals surface area contributed by atoms with Crippen LogP contribution in [0.1, 0.15) is 68.0 Å². The number of aromatic amines is 2. The Balaban J connectivity index is 0.897. The number of rotatable bonds is 9. The van der Waals surface area contributed by atoms with E-state index in [4.69, 9.17) is 24.4 Å². The molecule has 3 atom stereocenters. The van der Waals surface area contributed by atoms with Crippen LogP contribution in [0.3, 0.4) is 0 Å². The van der Waals surface area contributed by atoms with Gasteiger partial charge in [-0.15, -0.1) is 0 Å². The van der Waals surface area contributed by atoms with Gasteiger partial charge >= 0.3 is 12.2 Å². The highest BCUT2D eigenvalue weighted by Gasteiger charge is 2.41. The van der Waals surface area contributed by atoms with E-state index >= 15 is 0 Å². The zero-order valence-corrected chi connectivity index (χ0v) is 34.8. The van der Waals surface area contributed by atoms with Gasteiger partial charge in [0.1, 0.15) is 17.7 Å². The maximum atomic E-state index is 14.0. The number of benzene rings is 3. The van der Waals surface area contributed by atoms with E-state index in [1.165, 1.54) is 20.4 Å². The molecule has 4 N–H and O–H groups in total. The number of likely N-dealkylation sites (tertiary alicyclic amines) is 1. The highest BCUT2D eigenvalue weighted by Crippen LogP contribution is 2.45. The van der Waals surface area contributed by atoms with Gasteiger partial charge in [0.25, 0.3) is 5.91 Å². The second-order valence-corrected chi connectivity index (χ2v) is 16.1. The highest BCUT2D eigenvalue weighted by molar-refractivity contribution is 6.08. The van der Waals surface area contributed by atoms with Crippen molar-refractivity contribution in [3.05, 3.63) is 114 Å². The summed E-state index contributed by atoms with van der Waals surface area (Å²) in [5.41, 5.74) is 10.1. The first kappa shape index (κ1) is 40.1. The van der Waals surface area contributed by atoms with Crippen molar-refractivity contribution in [3.8, 4) is 33.8 Å². The summed E-state index contributed by atoms with van der Waals surface area (Å²) in [4.78, 5) is 81.1. The summed E-state index contributed by atoms with van der Waals surface area (Å²) in [6.45, 7) is 4.36. The van der Waals surface area contributed by atoms with Crippen LogP contribution in [0.5, 0.6) is 0 Å². The average Bonchev–Trinajstić information content (AvgIpc) is 4.13. The van der Waals surface area contributed by atoms with Crippen LogP contribution < -0.4 is 15.5 Å². The van der Waals surface area contributed by atoms with Gasteiger partial charge in [0.15, 0.2) is 0 Å². The number of H-pyrrole nitrogens is 2. The van der Waals surface area contributed by atoms with Gasteiger partial charge in [0, 0.05) is 35.9 Å². The lowest BCUT2D eigenvalue weighted by molar-refractivity contribution is -0.135. The van der Waals surface area contributed by atoms with Crippen LogP contribution in [0.15, 0.2) is 91.0 Å². The Kier molecular flexibility index (Phi) is 10.7. The molecule has 9 rings (SSSR count). The van der Waals surface area contributed by atoms with E-state index in [0.29, 0.717) is 43.0 Å². The number of para-hydroxylation sites is 1. The summed E-state index contributed by atoms with van der Waals surface area (Å²) < 4.78 is 9.48. The van der Waals surface area contributed by atoms with Crippen LogP contribution in [0.25, 0.3) is 44.8 Å². The molecule has 3 unspecified atom stereocenters. The van der Waals surface area contributed by atoms with Crippen molar-refractivity contribution in [2.24, 2.45) is 5.92 Å². The number of hydrogen-bond acceptors (Lipinski definition) is 10. The number of alkyl carbamates (subject to hydrolysis) is 2. The first-order chi connectivity index (χ1) is 30.1.